The van der Waals surface area contributed by atoms with Gasteiger partial charge in [0, 0.05) is 15.7 Å². The SMILES string of the molecule is Cc1cccc(NC(=O)c2snnc2-c2ccc(Br)cc2)c1C. The van der Waals surface area contributed by atoms with E-state index >= 15 is 0 Å². The van der Waals surface area contributed by atoms with Crippen molar-refractivity contribution in [3.05, 3.63) is 62.9 Å². The molecule has 0 atom stereocenters. The van der Waals surface area contributed by atoms with Crippen LogP contribution in [0.3, 0.4) is 0 Å². The van der Waals surface area contributed by atoms with Crippen LogP contribution in [0, 0.1) is 13.8 Å². The van der Waals surface area contributed by atoms with Gasteiger partial charge in [0.05, 0.1) is 0 Å². The minimum Gasteiger partial charge on any atom is -0.321 e. The highest BCUT2D eigenvalue weighted by atomic mass is 79.9. The van der Waals surface area contributed by atoms with Gasteiger partial charge in [0.15, 0.2) is 0 Å². The molecular weight excluding hydrogens is 374 g/mol. The maximum Gasteiger partial charge on any atom is 0.269 e. The maximum absolute atomic E-state index is 12.6. The molecule has 0 aliphatic carbocycles. The van der Waals surface area contributed by atoms with Gasteiger partial charge < -0.3 is 5.32 Å². The van der Waals surface area contributed by atoms with Crippen molar-refractivity contribution in [3.63, 3.8) is 0 Å². The van der Waals surface area contributed by atoms with Gasteiger partial charge in [-0.3, -0.25) is 4.79 Å². The molecule has 6 heteroatoms. The number of carbonyl (C=O) groups is 1. The molecule has 1 aromatic heterocycles. The zero-order valence-electron chi connectivity index (χ0n) is 12.6. The number of aryl methyl sites for hydroxylation is 1. The van der Waals surface area contributed by atoms with Gasteiger partial charge in [0.1, 0.15) is 10.6 Å². The molecule has 3 rings (SSSR count). The summed E-state index contributed by atoms with van der Waals surface area (Å²) in [5.74, 6) is -0.188. The Morgan fingerprint density at radius 2 is 1.87 bits per heavy atom. The lowest BCUT2D eigenvalue weighted by Crippen LogP contribution is -2.12. The van der Waals surface area contributed by atoms with Crippen molar-refractivity contribution in [1.29, 1.82) is 0 Å². The molecule has 0 aliphatic heterocycles. The minimum absolute atomic E-state index is 0.188. The van der Waals surface area contributed by atoms with Crippen LogP contribution in [0.1, 0.15) is 20.8 Å². The minimum atomic E-state index is -0.188. The van der Waals surface area contributed by atoms with Gasteiger partial charge in [0.2, 0.25) is 0 Å². The summed E-state index contributed by atoms with van der Waals surface area (Å²) in [6.07, 6.45) is 0. The fraction of sp³-hybridized carbons (Fsp3) is 0.118. The van der Waals surface area contributed by atoms with Gasteiger partial charge in [-0.25, -0.2) is 0 Å². The van der Waals surface area contributed by atoms with E-state index in [1.54, 1.807) is 0 Å². The van der Waals surface area contributed by atoms with Crippen molar-refractivity contribution in [2.45, 2.75) is 13.8 Å². The summed E-state index contributed by atoms with van der Waals surface area (Å²) in [7, 11) is 0. The molecular formula is C17H14BrN3OS. The van der Waals surface area contributed by atoms with Gasteiger partial charge in [-0.1, -0.05) is 44.7 Å². The van der Waals surface area contributed by atoms with Gasteiger partial charge >= 0.3 is 0 Å². The van der Waals surface area contributed by atoms with Crippen LogP contribution >= 0.6 is 27.5 Å². The van der Waals surface area contributed by atoms with Gasteiger partial charge in [-0.05, 0) is 54.7 Å². The molecule has 0 radical (unpaired) electrons. The van der Waals surface area contributed by atoms with Crippen LogP contribution in [0.25, 0.3) is 11.3 Å². The first kappa shape index (κ1) is 15.8. The Morgan fingerprint density at radius 3 is 2.61 bits per heavy atom. The van der Waals surface area contributed by atoms with Crippen molar-refractivity contribution >= 4 is 39.1 Å². The normalized spacial score (nSPS) is 10.6. The van der Waals surface area contributed by atoms with E-state index in [1.165, 1.54) is 0 Å². The lowest BCUT2D eigenvalue weighted by Gasteiger charge is -2.10. The Hall–Kier alpha value is -2.05. The van der Waals surface area contributed by atoms with E-state index in [4.69, 9.17) is 0 Å². The molecule has 0 saturated heterocycles. The Balaban J connectivity index is 1.91. The summed E-state index contributed by atoms with van der Waals surface area (Å²) in [6.45, 7) is 4.01. The number of nitrogens with one attached hydrogen (secondary N) is 1. The largest absolute Gasteiger partial charge is 0.321 e. The standard InChI is InChI=1S/C17H14BrN3OS/c1-10-4-3-5-14(11(10)2)19-17(22)16-15(20-21-23-16)12-6-8-13(18)9-7-12/h3-9H,1-2H3,(H,19,22). The number of halogens is 1. The lowest BCUT2D eigenvalue weighted by molar-refractivity contribution is 0.103. The molecule has 3 aromatic rings. The van der Waals surface area contributed by atoms with E-state index in [2.05, 4.69) is 30.8 Å². The molecule has 1 heterocycles. The number of hydrogen-bond donors (Lipinski definition) is 1. The van der Waals surface area contributed by atoms with E-state index in [0.717, 1.165) is 38.4 Å². The van der Waals surface area contributed by atoms with Crippen LogP contribution in [-0.2, 0) is 0 Å². The number of hydrogen-bond acceptors (Lipinski definition) is 4. The van der Waals surface area contributed by atoms with E-state index < -0.39 is 0 Å². The molecule has 0 fully saturated rings. The van der Waals surface area contributed by atoms with Crippen LogP contribution in [-0.4, -0.2) is 15.5 Å². The topological polar surface area (TPSA) is 54.9 Å². The highest BCUT2D eigenvalue weighted by molar-refractivity contribution is 9.10. The number of amides is 1. The number of rotatable bonds is 3. The van der Waals surface area contributed by atoms with Gasteiger partial charge in [0.25, 0.3) is 5.91 Å². The first-order valence-electron chi connectivity index (χ1n) is 7.02. The molecule has 0 unspecified atom stereocenters. The zero-order chi connectivity index (χ0) is 16.4. The Bertz CT molecular complexity index is 859. The van der Waals surface area contributed by atoms with Crippen molar-refractivity contribution in [2.75, 3.05) is 5.32 Å². The third-order valence-electron chi connectivity index (χ3n) is 3.66. The fourth-order valence-corrected chi connectivity index (χ4v) is 3.05. The summed E-state index contributed by atoms with van der Waals surface area (Å²) in [4.78, 5) is 13.1. The van der Waals surface area contributed by atoms with E-state index in [9.17, 15) is 4.79 Å². The number of benzene rings is 2. The molecule has 0 saturated carbocycles. The third-order valence-corrected chi connectivity index (χ3v) is 4.92. The smallest absolute Gasteiger partial charge is 0.269 e. The zero-order valence-corrected chi connectivity index (χ0v) is 15.0. The van der Waals surface area contributed by atoms with E-state index in [1.807, 2.05) is 56.3 Å². The summed E-state index contributed by atoms with van der Waals surface area (Å²) in [5, 5.41) is 7.07. The maximum atomic E-state index is 12.6. The van der Waals surface area contributed by atoms with Gasteiger partial charge in [-0.2, -0.15) is 0 Å². The second-order valence-electron chi connectivity index (χ2n) is 5.16. The van der Waals surface area contributed by atoms with E-state index in [0.29, 0.717) is 10.6 Å². The molecule has 2 aromatic carbocycles. The lowest BCUT2D eigenvalue weighted by atomic mass is 10.1. The van der Waals surface area contributed by atoms with Crippen molar-refractivity contribution < 1.29 is 4.79 Å². The Labute approximate surface area is 146 Å². The highest BCUT2D eigenvalue weighted by Crippen LogP contribution is 2.27. The number of nitrogens with zero attached hydrogens (tertiary/aromatic N) is 2. The molecule has 116 valence electrons. The molecule has 1 N–H and O–H groups in total. The van der Waals surface area contributed by atoms with Crippen molar-refractivity contribution in [2.24, 2.45) is 0 Å². The van der Waals surface area contributed by atoms with Crippen LogP contribution in [0.15, 0.2) is 46.9 Å². The van der Waals surface area contributed by atoms with Crippen molar-refractivity contribution in [1.82, 2.24) is 9.59 Å². The van der Waals surface area contributed by atoms with Crippen LogP contribution in [0.4, 0.5) is 5.69 Å². The molecule has 0 aliphatic rings. The monoisotopic (exact) mass is 387 g/mol. The number of anilines is 1. The highest BCUT2D eigenvalue weighted by Gasteiger charge is 2.18. The van der Waals surface area contributed by atoms with Crippen LogP contribution in [0.5, 0.6) is 0 Å². The van der Waals surface area contributed by atoms with Gasteiger partial charge in [-0.15, -0.1) is 5.10 Å². The average Bonchev–Trinajstić information content (AvgIpc) is 3.02. The predicted octanol–water partition coefficient (Wildman–Crippen LogP) is 4.84. The Kier molecular flexibility index (Phi) is 4.54. The number of aromatic nitrogens is 2. The summed E-state index contributed by atoms with van der Waals surface area (Å²) in [5.41, 5.74) is 4.48. The van der Waals surface area contributed by atoms with Crippen LogP contribution < -0.4 is 5.32 Å². The first-order chi connectivity index (χ1) is 11.1. The quantitative estimate of drug-likeness (QED) is 0.699. The molecule has 4 nitrogen and oxygen atoms in total. The Morgan fingerprint density at radius 1 is 1.13 bits per heavy atom. The number of carbonyl (C=O) groups excluding carboxylic acids is 1. The van der Waals surface area contributed by atoms with E-state index in [-0.39, 0.29) is 5.91 Å². The predicted molar refractivity (Wildman–Crippen MR) is 96.9 cm³/mol. The third kappa shape index (κ3) is 3.33. The van der Waals surface area contributed by atoms with Crippen LogP contribution in [0.2, 0.25) is 0 Å². The summed E-state index contributed by atoms with van der Waals surface area (Å²) in [6, 6.07) is 13.5. The second kappa shape index (κ2) is 6.60. The van der Waals surface area contributed by atoms with Crippen molar-refractivity contribution in [3.8, 4) is 11.3 Å². The molecule has 0 bridgehead atoms. The fourth-order valence-electron chi connectivity index (χ4n) is 2.20. The molecule has 0 spiro atoms. The second-order valence-corrected chi connectivity index (χ2v) is 6.83. The summed E-state index contributed by atoms with van der Waals surface area (Å²) < 4.78 is 4.92. The first-order valence-corrected chi connectivity index (χ1v) is 8.59. The summed E-state index contributed by atoms with van der Waals surface area (Å²) >= 11 is 4.50. The average molecular weight is 388 g/mol. The molecule has 1 amide bonds. The molecule has 23 heavy (non-hydrogen) atoms.